The number of aromatic nitrogens is 1. The highest BCUT2D eigenvalue weighted by Crippen LogP contribution is 2.30. The fraction of sp³-hybridized carbons (Fsp3) is 0.353. The van der Waals surface area contributed by atoms with E-state index in [1.54, 1.807) is 7.11 Å². The quantitative estimate of drug-likeness (QED) is 0.847. The molecule has 1 heterocycles. The Morgan fingerprint density at radius 3 is 2.71 bits per heavy atom. The summed E-state index contributed by atoms with van der Waals surface area (Å²) in [5.74, 6) is 0.888. The molecule has 112 valence electrons. The number of benzene rings is 1. The van der Waals surface area contributed by atoms with E-state index in [1.165, 1.54) is 5.56 Å². The van der Waals surface area contributed by atoms with Gasteiger partial charge in [-0.2, -0.15) is 0 Å². The Labute approximate surface area is 134 Å². The maximum absolute atomic E-state index is 5.53. The zero-order chi connectivity index (χ0) is 15.2. The van der Waals surface area contributed by atoms with Crippen molar-refractivity contribution in [3.63, 3.8) is 0 Å². The molecule has 4 heteroatoms. The second kappa shape index (κ2) is 7.57. The highest BCUT2D eigenvalue weighted by molar-refractivity contribution is 9.10. The number of hydrogen-bond acceptors (Lipinski definition) is 3. The van der Waals surface area contributed by atoms with Gasteiger partial charge in [0, 0.05) is 16.2 Å². The van der Waals surface area contributed by atoms with Gasteiger partial charge in [0.25, 0.3) is 0 Å². The van der Waals surface area contributed by atoms with Gasteiger partial charge in [-0.15, -0.1) is 0 Å². The summed E-state index contributed by atoms with van der Waals surface area (Å²) in [6.07, 6.45) is 2.90. The molecular weight excluding hydrogens is 328 g/mol. The Balaban J connectivity index is 2.44. The van der Waals surface area contributed by atoms with Gasteiger partial charge in [-0.25, -0.2) is 0 Å². The largest absolute Gasteiger partial charge is 0.496 e. The van der Waals surface area contributed by atoms with Gasteiger partial charge < -0.3 is 10.1 Å². The summed E-state index contributed by atoms with van der Waals surface area (Å²) < 4.78 is 6.51. The highest BCUT2D eigenvalue weighted by atomic mass is 79.9. The van der Waals surface area contributed by atoms with Crippen molar-refractivity contribution in [2.45, 2.75) is 26.3 Å². The van der Waals surface area contributed by atoms with Crippen LogP contribution in [-0.2, 0) is 0 Å². The van der Waals surface area contributed by atoms with Crippen LogP contribution in [0.3, 0.4) is 0 Å². The molecule has 0 amide bonds. The van der Waals surface area contributed by atoms with E-state index in [4.69, 9.17) is 4.74 Å². The monoisotopic (exact) mass is 348 g/mol. The van der Waals surface area contributed by atoms with E-state index in [2.05, 4.69) is 52.2 Å². The van der Waals surface area contributed by atoms with Gasteiger partial charge >= 0.3 is 0 Å². The first-order valence-corrected chi connectivity index (χ1v) is 7.94. The van der Waals surface area contributed by atoms with Crippen LogP contribution in [0.25, 0.3) is 0 Å². The molecular formula is C17H21BrN2O. The lowest BCUT2D eigenvalue weighted by Gasteiger charge is -2.21. The van der Waals surface area contributed by atoms with Crippen molar-refractivity contribution in [1.29, 1.82) is 0 Å². The number of nitrogens with zero attached hydrogens (tertiary/aromatic N) is 1. The normalized spacial score (nSPS) is 12.2. The lowest BCUT2D eigenvalue weighted by atomic mass is 9.99. The van der Waals surface area contributed by atoms with Gasteiger partial charge in [0.05, 0.1) is 18.8 Å². The predicted molar refractivity (Wildman–Crippen MR) is 89.8 cm³/mol. The first kappa shape index (κ1) is 16.0. The molecule has 0 fully saturated rings. The summed E-state index contributed by atoms with van der Waals surface area (Å²) in [6.45, 7) is 5.18. The van der Waals surface area contributed by atoms with Crippen LogP contribution in [0, 0.1) is 6.92 Å². The van der Waals surface area contributed by atoms with Gasteiger partial charge in [-0.1, -0.05) is 24.6 Å². The number of rotatable bonds is 6. The number of halogens is 1. The van der Waals surface area contributed by atoms with Crippen molar-refractivity contribution in [3.8, 4) is 5.75 Å². The maximum Gasteiger partial charge on any atom is 0.124 e. The van der Waals surface area contributed by atoms with Crippen molar-refractivity contribution in [2.24, 2.45) is 0 Å². The molecule has 1 N–H and O–H groups in total. The molecule has 21 heavy (non-hydrogen) atoms. The predicted octanol–water partition coefficient (Wildman–Crippen LogP) is 4.25. The third-order valence-corrected chi connectivity index (χ3v) is 3.81. The standard InChI is InChI=1S/C17H21BrN2O/c1-4-9-19-17(15-7-6-13(18)11-20-15)14-10-12(2)5-8-16(14)21-3/h5-8,10-11,17,19H,4,9H2,1-3H3. The molecule has 1 atom stereocenters. The second-order valence-corrected chi connectivity index (χ2v) is 5.95. The lowest BCUT2D eigenvalue weighted by molar-refractivity contribution is 0.403. The second-order valence-electron chi connectivity index (χ2n) is 5.03. The topological polar surface area (TPSA) is 34.2 Å². The fourth-order valence-corrected chi connectivity index (χ4v) is 2.53. The number of pyridine rings is 1. The Morgan fingerprint density at radius 1 is 1.29 bits per heavy atom. The van der Waals surface area contributed by atoms with Crippen molar-refractivity contribution in [1.82, 2.24) is 10.3 Å². The molecule has 0 aliphatic rings. The van der Waals surface area contributed by atoms with Crippen LogP contribution in [0.5, 0.6) is 5.75 Å². The SMILES string of the molecule is CCCNC(c1ccc(Br)cn1)c1cc(C)ccc1OC. The van der Waals surface area contributed by atoms with E-state index in [0.717, 1.165) is 34.4 Å². The first-order chi connectivity index (χ1) is 10.2. The number of methoxy groups -OCH3 is 1. The third-order valence-electron chi connectivity index (χ3n) is 3.34. The molecule has 0 saturated heterocycles. The van der Waals surface area contributed by atoms with E-state index in [-0.39, 0.29) is 6.04 Å². The Hall–Kier alpha value is -1.39. The van der Waals surface area contributed by atoms with Crippen LogP contribution >= 0.6 is 15.9 Å². The Kier molecular flexibility index (Phi) is 5.76. The van der Waals surface area contributed by atoms with Crippen LogP contribution in [0.1, 0.15) is 36.2 Å². The number of aryl methyl sites for hydroxylation is 1. The Morgan fingerprint density at radius 2 is 2.10 bits per heavy atom. The van der Waals surface area contributed by atoms with Gasteiger partial charge in [-0.3, -0.25) is 4.98 Å². The summed E-state index contributed by atoms with van der Waals surface area (Å²) in [5, 5.41) is 3.57. The third kappa shape index (κ3) is 4.05. The Bertz CT molecular complexity index is 584. The molecule has 2 aromatic rings. The molecule has 3 nitrogen and oxygen atoms in total. The summed E-state index contributed by atoms with van der Waals surface area (Å²) in [4.78, 5) is 4.55. The lowest BCUT2D eigenvalue weighted by Crippen LogP contribution is -2.24. The van der Waals surface area contributed by atoms with Crippen molar-refractivity contribution in [2.75, 3.05) is 13.7 Å². The summed E-state index contributed by atoms with van der Waals surface area (Å²) in [7, 11) is 1.71. The van der Waals surface area contributed by atoms with E-state index in [1.807, 2.05) is 24.4 Å². The van der Waals surface area contributed by atoms with Crippen LogP contribution in [0.4, 0.5) is 0 Å². The van der Waals surface area contributed by atoms with E-state index in [0.29, 0.717) is 0 Å². The van der Waals surface area contributed by atoms with Gasteiger partial charge in [0.1, 0.15) is 5.75 Å². The molecule has 0 aliphatic carbocycles. The van der Waals surface area contributed by atoms with Crippen molar-refractivity contribution in [3.05, 3.63) is 57.8 Å². The average Bonchev–Trinajstić information content (AvgIpc) is 2.49. The summed E-state index contributed by atoms with van der Waals surface area (Å²) >= 11 is 3.44. The average molecular weight is 349 g/mol. The minimum absolute atomic E-state index is 0.0351. The molecule has 0 bridgehead atoms. The first-order valence-electron chi connectivity index (χ1n) is 7.15. The van der Waals surface area contributed by atoms with E-state index in [9.17, 15) is 0 Å². The maximum atomic E-state index is 5.53. The van der Waals surface area contributed by atoms with E-state index >= 15 is 0 Å². The fourth-order valence-electron chi connectivity index (χ4n) is 2.30. The van der Waals surface area contributed by atoms with Crippen molar-refractivity contribution >= 4 is 15.9 Å². The van der Waals surface area contributed by atoms with Gasteiger partial charge in [0.2, 0.25) is 0 Å². The van der Waals surface area contributed by atoms with Gasteiger partial charge in [-0.05, 0) is 54.0 Å². The number of nitrogens with one attached hydrogen (secondary N) is 1. The molecule has 0 radical (unpaired) electrons. The minimum Gasteiger partial charge on any atom is -0.496 e. The molecule has 0 saturated carbocycles. The van der Waals surface area contributed by atoms with Gasteiger partial charge in [0.15, 0.2) is 0 Å². The van der Waals surface area contributed by atoms with Crippen LogP contribution in [0.15, 0.2) is 41.0 Å². The summed E-state index contributed by atoms with van der Waals surface area (Å²) in [5.41, 5.74) is 3.34. The summed E-state index contributed by atoms with van der Waals surface area (Å²) in [6, 6.07) is 10.3. The zero-order valence-corrected chi connectivity index (χ0v) is 14.3. The van der Waals surface area contributed by atoms with Crippen molar-refractivity contribution < 1.29 is 4.74 Å². The van der Waals surface area contributed by atoms with Crippen LogP contribution in [0.2, 0.25) is 0 Å². The molecule has 2 rings (SSSR count). The zero-order valence-electron chi connectivity index (χ0n) is 12.7. The molecule has 1 aromatic carbocycles. The van der Waals surface area contributed by atoms with Crippen LogP contribution < -0.4 is 10.1 Å². The molecule has 1 aromatic heterocycles. The number of hydrogen-bond donors (Lipinski definition) is 1. The smallest absolute Gasteiger partial charge is 0.124 e. The molecule has 0 aliphatic heterocycles. The molecule has 1 unspecified atom stereocenters. The van der Waals surface area contributed by atoms with Crippen LogP contribution in [-0.4, -0.2) is 18.6 Å². The number of ether oxygens (including phenoxy) is 1. The van der Waals surface area contributed by atoms with E-state index < -0.39 is 0 Å². The minimum atomic E-state index is 0.0351. The molecule has 0 spiro atoms. The highest BCUT2D eigenvalue weighted by Gasteiger charge is 2.19.